The van der Waals surface area contributed by atoms with E-state index in [-0.39, 0.29) is 46.1 Å². The highest BCUT2D eigenvalue weighted by molar-refractivity contribution is 6.31. The number of aromatic hydroxyl groups is 2. The smallest absolute Gasteiger partial charge is 0.228 e. The molecule has 0 saturated carbocycles. The maximum atomic E-state index is 13.9. The molecule has 3 N–H and O–H groups in total. The minimum absolute atomic E-state index is 0.0197. The standard InChI is InChI=1S/C29H27N3O8/c1-13-24(35)22(15(3)33)26-23(25(13)36)29(4)19(39-26)12-18(34)21(27(29)37)14(2)30-11-10-20-31-28(32-40-20)16-6-8-17(38-5)9-7-16/h6-9,12,30,35-36H,10-11H2,1-5H3. The first kappa shape index (κ1) is 26.7. The third kappa shape index (κ3) is 4.01. The van der Waals surface area contributed by atoms with E-state index < -0.39 is 28.5 Å². The second kappa shape index (κ2) is 9.67. The van der Waals surface area contributed by atoms with Crippen molar-refractivity contribution >= 4 is 17.3 Å². The average molecular weight is 546 g/mol. The van der Waals surface area contributed by atoms with Crippen LogP contribution in [0.2, 0.25) is 0 Å². The summed E-state index contributed by atoms with van der Waals surface area (Å²) in [4.78, 5) is 43.6. The van der Waals surface area contributed by atoms with Gasteiger partial charge in [0.25, 0.3) is 0 Å². The lowest BCUT2D eigenvalue weighted by atomic mass is 9.70. The summed E-state index contributed by atoms with van der Waals surface area (Å²) < 4.78 is 16.3. The fourth-order valence-corrected chi connectivity index (χ4v) is 5.02. The number of phenols is 2. The van der Waals surface area contributed by atoms with Crippen LogP contribution in [0.5, 0.6) is 23.0 Å². The summed E-state index contributed by atoms with van der Waals surface area (Å²) in [6.45, 7) is 6.08. The van der Waals surface area contributed by atoms with E-state index in [0.717, 1.165) is 5.56 Å². The first-order valence-corrected chi connectivity index (χ1v) is 12.5. The number of fused-ring (bicyclic) bond motifs is 3. The lowest BCUT2D eigenvalue weighted by molar-refractivity contribution is -0.123. The van der Waals surface area contributed by atoms with Gasteiger partial charge in [0.1, 0.15) is 39.7 Å². The largest absolute Gasteiger partial charge is 0.507 e. The first-order chi connectivity index (χ1) is 19.0. The second-order valence-electron chi connectivity index (χ2n) is 9.80. The summed E-state index contributed by atoms with van der Waals surface area (Å²) in [6, 6.07) is 7.21. The quantitative estimate of drug-likeness (QED) is 0.226. The summed E-state index contributed by atoms with van der Waals surface area (Å²) in [5.74, 6) is -1.17. The lowest BCUT2D eigenvalue weighted by Crippen LogP contribution is -2.41. The van der Waals surface area contributed by atoms with Gasteiger partial charge in [-0.3, -0.25) is 14.4 Å². The fraction of sp³-hybridized carbons (Fsp3) is 0.276. The number of ketones is 3. The molecular weight excluding hydrogens is 518 g/mol. The van der Waals surface area contributed by atoms with E-state index in [9.17, 15) is 24.6 Å². The highest BCUT2D eigenvalue weighted by atomic mass is 16.5. The van der Waals surface area contributed by atoms with E-state index in [4.69, 9.17) is 14.0 Å². The number of rotatable bonds is 7. The van der Waals surface area contributed by atoms with Crippen molar-refractivity contribution in [3.8, 4) is 34.4 Å². The first-order valence-electron chi connectivity index (χ1n) is 12.5. The Morgan fingerprint density at radius 1 is 1.12 bits per heavy atom. The van der Waals surface area contributed by atoms with Gasteiger partial charge in [-0.15, -0.1) is 0 Å². The third-order valence-electron chi connectivity index (χ3n) is 7.31. The number of ether oxygens (including phenoxy) is 2. The zero-order valence-corrected chi connectivity index (χ0v) is 22.5. The van der Waals surface area contributed by atoms with Gasteiger partial charge in [0.05, 0.1) is 18.2 Å². The highest BCUT2D eigenvalue weighted by Crippen LogP contribution is 2.57. The van der Waals surface area contributed by atoms with Crippen LogP contribution in [0.15, 0.2) is 51.9 Å². The van der Waals surface area contributed by atoms with Crippen LogP contribution in [0.1, 0.15) is 48.1 Å². The van der Waals surface area contributed by atoms with Crippen molar-refractivity contribution in [3.05, 3.63) is 70.0 Å². The van der Waals surface area contributed by atoms with E-state index >= 15 is 0 Å². The fourth-order valence-electron chi connectivity index (χ4n) is 5.02. The molecule has 0 saturated heterocycles. The Kier molecular flexibility index (Phi) is 6.45. The van der Waals surface area contributed by atoms with Gasteiger partial charge in [0, 0.05) is 35.9 Å². The molecule has 2 aromatic carbocycles. The van der Waals surface area contributed by atoms with Crippen molar-refractivity contribution in [2.24, 2.45) is 0 Å². The monoisotopic (exact) mass is 545 g/mol. The Hall–Kier alpha value is -4.93. The van der Waals surface area contributed by atoms with Crippen molar-refractivity contribution in [1.82, 2.24) is 15.5 Å². The molecule has 40 heavy (non-hydrogen) atoms. The molecule has 11 nitrogen and oxygen atoms in total. The van der Waals surface area contributed by atoms with Gasteiger partial charge in [0.15, 0.2) is 17.3 Å². The summed E-state index contributed by atoms with van der Waals surface area (Å²) in [7, 11) is 1.58. The molecule has 11 heteroatoms. The SMILES string of the molecule is COc1ccc(-c2noc(CCNC(C)=C3C(=O)C=C4Oc5c(C(C)=O)c(O)c(C)c(O)c5C4(C)C3=O)n2)cc1. The van der Waals surface area contributed by atoms with E-state index in [1.54, 1.807) is 26.2 Å². The second-order valence-corrected chi connectivity index (χ2v) is 9.80. The normalized spacial score (nSPS) is 19.0. The summed E-state index contributed by atoms with van der Waals surface area (Å²) in [5, 5.41) is 28.5. The van der Waals surface area contributed by atoms with E-state index in [1.807, 2.05) is 12.1 Å². The molecule has 0 fully saturated rings. The number of phenolic OH excluding ortho intramolecular Hbond substituents is 2. The number of hydrogen-bond acceptors (Lipinski definition) is 11. The van der Waals surface area contributed by atoms with Crippen LogP contribution in [0, 0.1) is 6.92 Å². The Morgan fingerprint density at radius 3 is 2.48 bits per heavy atom. The number of nitrogens with zero attached hydrogens (tertiary/aromatic N) is 2. The zero-order valence-electron chi connectivity index (χ0n) is 22.5. The number of hydrogen-bond donors (Lipinski definition) is 3. The summed E-state index contributed by atoms with van der Waals surface area (Å²) in [5.41, 5.74) is -0.689. The van der Waals surface area contributed by atoms with Crippen molar-refractivity contribution in [3.63, 3.8) is 0 Å². The van der Waals surface area contributed by atoms with Crippen LogP contribution in [0.25, 0.3) is 11.4 Å². The molecule has 1 atom stereocenters. The van der Waals surface area contributed by atoms with Gasteiger partial charge >= 0.3 is 0 Å². The highest BCUT2D eigenvalue weighted by Gasteiger charge is 2.56. The number of benzene rings is 2. The van der Waals surface area contributed by atoms with Crippen LogP contribution in [0.3, 0.4) is 0 Å². The molecule has 1 aliphatic heterocycles. The number of carbonyl (C=O) groups excluding carboxylic acids is 3. The molecule has 2 aliphatic rings. The third-order valence-corrected chi connectivity index (χ3v) is 7.31. The number of allylic oxidation sites excluding steroid dienone is 4. The summed E-state index contributed by atoms with van der Waals surface area (Å²) >= 11 is 0. The van der Waals surface area contributed by atoms with Crippen LogP contribution in [0.4, 0.5) is 0 Å². The Balaban J connectivity index is 1.39. The number of carbonyl (C=O) groups is 3. The topological polar surface area (TPSA) is 161 Å². The minimum atomic E-state index is -1.58. The molecule has 1 aliphatic carbocycles. The van der Waals surface area contributed by atoms with Crippen LogP contribution >= 0.6 is 0 Å². The van der Waals surface area contributed by atoms with Crippen molar-refractivity contribution in [2.45, 2.75) is 39.5 Å². The molecular formula is C29H27N3O8. The minimum Gasteiger partial charge on any atom is -0.507 e. The molecule has 1 unspecified atom stereocenters. The Morgan fingerprint density at radius 2 is 1.82 bits per heavy atom. The number of nitrogens with one attached hydrogen (secondary N) is 1. The van der Waals surface area contributed by atoms with Crippen molar-refractivity contribution in [2.75, 3.05) is 13.7 Å². The Labute approximate surface area is 229 Å². The molecule has 0 spiro atoms. The molecule has 3 aromatic rings. The molecule has 0 amide bonds. The molecule has 206 valence electrons. The molecule has 2 heterocycles. The maximum Gasteiger partial charge on any atom is 0.228 e. The lowest BCUT2D eigenvalue weighted by Gasteiger charge is -2.29. The Bertz CT molecular complexity index is 1650. The van der Waals surface area contributed by atoms with Gasteiger partial charge in [-0.25, -0.2) is 0 Å². The van der Waals surface area contributed by atoms with Gasteiger partial charge in [-0.1, -0.05) is 5.16 Å². The number of Topliss-reactive ketones (excluding diaryl/α,β-unsaturated/α-hetero) is 2. The van der Waals surface area contributed by atoms with Gasteiger partial charge in [0.2, 0.25) is 11.7 Å². The van der Waals surface area contributed by atoms with Crippen LogP contribution in [-0.4, -0.2) is 51.4 Å². The van der Waals surface area contributed by atoms with E-state index in [1.165, 1.54) is 26.8 Å². The molecule has 1 aromatic heterocycles. The zero-order chi connectivity index (χ0) is 28.9. The van der Waals surface area contributed by atoms with Gasteiger partial charge in [-0.2, -0.15) is 4.98 Å². The predicted octanol–water partition coefficient (Wildman–Crippen LogP) is 3.46. The van der Waals surface area contributed by atoms with Crippen LogP contribution in [-0.2, 0) is 21.4 Å². The molecule has 5 rings (SSSR count). The molecule has 0 radical (unpaired) electrons. The number of aromatic nitrogens is 2. The van der Waals surface area contributed by atoms with E-state index in [0.29, 0.717) is 29.6 Å². The summed E-state index contributed by atoms with van der Waals surface area (Å²) in [6.07, 6.45) is 1.50. The van der Waals surface area contributed by atoms with Crippen LogP contribution < -0.4 is 14.8 Å². The van der Waals surface area contributed by atoms with E-state index in [2.05, 4.69) is 15.5 Å². The molecule has 0 bridgehead atoms. The number of methoxy groups -OCH3 is 1. The van der Waals surface area contributed by atoms with Gasteiger partial charge < -0.3 is 29.5 Å². The van der Waals surface area contributed by atoms with Crippen molar-refractivity contribution < 1.29 is 38.6 Å². The predicted molar refractivity (Wildman–Crippen MR) is 141 cm³/mol. The van der Waals surface area contributed by atoms with Crippen molar-refractivity contribution in [1.29, 1.82) is 0 Å². The average Bonchev–Trinajstić information content (AvgIpc) is 3.50. The van der Waals surface area contributed by atoms with Gasteiger partial charge in [-0.05, 0) is 52.0 Å². The maximum absolute atomic E-state index is 13.9.